The summed E-state index contributed by atoms with van der Waals surface area (Å²) in [6.07, 6.45) is 1.24. The average molecular weight is 211 g/mol. The van der Waals surface area contributed by atoms with Gasteiger partial charge in [0.15, 0.2) is 0 Å². The van der Waals surface area contributed by atoms with Crippen LogP contribution in [0.25, 0.3) is 0 Å². The molecule has 1 fully saturated rings. The summed E-state index contributed by atoms with van der Waals surface area (Å²) in [4.78, 5) is 11.1. The first-order valence-electron chi connectivity index (χ1n) is 4.58. The standard InChI is InChI=1S/C11H11ClO2/c1-11(7-6-10(13)14-11)8-2-4-9(12)5-3-8/h2-5H,6-7H2,1H3. The van der Waals surface area contributed by atoms with E-state index < -0.39 is 5.60 Å². The molecule has 0 radical (unpaired) electrons. The third kappa shape index (κ3) is 1.62. The van der Waals surface area contributed by atoms with Crippen LogP contribution in [0.2, 0.25) is 5.02 Å². The molecule has 0 amide bonds. The number of cyclic esters (lactones) is 1. The second-order valence-electron chi connectivity index (χ2n) is 3.71. The van der Waals surface area contributed by atoms with Gasteiger partial charge in [0.05, 0.1) is 0 Å². The van der Waals surface area contributed by atoms with E-state index in [1.807, 2.05) is 31.2 Å². The van der Waals surface area contributed by atoms with Crippen molar-refractivity contribution < 1.29 is 9.53 Å². The Kier molecular flexibility index (Phi) is 2.23. The lowest BCUT2D eigenvalue weighted by Crippen LogP contribution is -2.20. The van der Waals surface area contributed by atoms with Crippen LogP contribution in [0.15, 0.2) is 24.3 Å². The Morgan fingerprint density at radius 3 is 2.50 bits per heavy atom. The molecule has 0 spiro atoms. The molecule has 74 valence electrons. The van der Waals surface area contributed by atoms with Crippen LogP contribution in [-0.2, 0) is 15.1 Å². The van der Waals surface area contributed by atoms with E-state index in [0.717, 1.165) is 12.0 Å². The fourth-order valence-electron chi connectivity index (χ4n) is 1.70. The molecule has 0 aromatic heterocycles. The Bertz CT molecular complexity index is 358. The van der Waals surface area contributed by atoms with Crippen molar-refractivity contribution >= 4 is 17.6 Å². The van der Waals surface area contributed by atoms with Gasteiger partial charge in [-0.2, -0.15) is 0 Å². The lowest BCUT2D eigenvalue weighted by molar-refractivity contribution is -0.147. The molecular formula is C11H11ClO2. The molecule has 14 heavy (non-hydrogen) atoms. The number of carbonyl (C=O) groups excluding carboxylic acids is 1. The van der Waals surface area contributed by atoms with Crippen molar-refractivity contribution in [2.45, 2.75) is 25.4 Å². The maximum atomic E-state index is 11.1. The summed E-state index contributed by atoms with van der Waals surface area (Å²) in [6.45, 7) is 1.93. The van der Waals surface area contributed by atoms with Gasteiger partial charge in [0, 0.05) is 17.9 Å². The maximum Gasteiger partial charge on any atom is 0.306 e. The Labute approximate surface area is 87.8 Å². The molecule has 2 rings (SSSR count). The van der Waals surface area contributed by atoms with E-state index in [1.165, 1.54) is 0 Å². The van der Waals surface area contributed by atoms with Gasteiger partial charge < -0.3 is 4.74 Å². The molecule has 0 N–H and O–H groups in total. The molecule has 1 aromatic carbocycles. The van der Waals surface area contributed by atoms with Gasteiger partial charge in [0.1, 0.15) is 5.60 Å². The number of ether oxygens (including phenoxy) is 1. The van der Waals surface area contributed by atoms with Crippen LogP contribution in [0.5, 0.6) is 0 Å². The first-order chi connectivity index (χ1) is 6.60. The SMILES string of the molecule is CC1(c2ccc(Cl)cc2)CCC(=O)O1. The highest BCUT2D eigenvalue weighted by Gasteiger charge is 2.37. The van der Waals surface area contributed by atoms with E-state index in [4.69, 9.17) is 16.3 Å². The molecule has 0 saturated carbocycles. The van der Waals surface area contributed by atoms with Crippen molar-refractivity contribution in [1.82, 2.24) is 0 Å². The fraction of sp³-hybridized carbons (Fsp3) is 0.364. The lowest BCUT2D eigenvalue weighted by atomic mass is 9.93. The van der Waals surface area contributed by atoms with Crippen molar-refractivity contribution in [2.24, 2.45) is 0 Å². The molecule has 2 nitrogen and oxygen atoms in total. The summed E-state index contributed by atoms with van der Waals surface area (Å²) in [6, 6.07) is 7.43. The van der Waals surface area contributed by atoms with Gasteiger partial charge in [-0.1, -0.05) is 23.7 Å². The Morgan fingerprint density at radius 1 is 1.36 bits per heavy atom. The molecular weight excluding hydrogens is 200 g/mol. The highest BCUT2D eigenvalue weighted by atomic mass is 35.5. The van der Waals surface area contributed by atoms with Crippen LogP contribution >= 0.6 is 11.6 Å². The van der Waals surface area contributed by atoms with Gasteiger partial charge >= 0.3 is 5.97 Å². The second kappa shape index (κ2) is 3.28. The Morgan fingerprint density at radius 2 is 2.00 bits per heavy atom. The molecule has 0 bridgehead atoms. The van der Waals surface area contributed by atoms with Crippen LogP contribution in [0, 0.1) is 0 Å². The van der Waals surface area contributed by atoms with Gasteiger partial charge in [0.2, 0.25) is 0 Å². The number of rotatable bonds is 1. The topological polar surface area (TPSA) is 26.3 Å². The van der Waals surface area contributed by atoms with Crippen LogP contribution < -0.4 is 0 Å². The predicted octanol–water partition coefficient (Wildman–Crippen LogP) is 2.89. The number of carbonyl (C=O) groups is 1. The quantitative estimate of drug-likeness (QED) is 0.667. The molecule has 1 atom stereocenters. The van der Waals surface area contributed by atoms with Crippen molar-refractivity contribution in [3.05, 3.63) is 34.9 Å². The van der Waals surface area contributed by atoms with Crippen LogP contribution in [0.3, 0.4) is 0 Å². The van der Waals surface area contributed by atoms with Crippen LogP contribution in [0.1, 0.15) is 25.3 Å². The van der Waals surface area contributed by atoms with Crippen LogP contribution in [-0.4, -0.2) is 5.97 Å². The van der Waals surface area contributed by atoms with E-state index >= 15 is 0 Å². The minimum Gasteiger partial charge on any atom is -0.454 e. The molecule has 1 unspecified atom stereocenters. The van der Waals surface area contributed by atoms with E-state index in [1.54, 1.807) is 0 Å². The highest BCUT2D eigenvalue weighted by molar-refractivity contribution is 6.30. The molecule has 1 saturated heterocycles. The summed E-state index contributed by atoms with van der Waals surface area (Å²) in [7, 11) is 0. The zero-order chi connectivity index (χ0) is 10.2. The number of benzene rings is 1. The number of halogens is 1. The molecule has 1 aliphatic rings. The number of hydrogen-bond acceptors (Lipinski definition) is 2. The van der Waals surface area contributed by atoms with Crippen molar-refractivity contribution in [1.29, 1.82) is 0 Å². The van der Waals surface area contributed by atoms with E-state index in [9.17, 15) is 4.79 Å². The first kappa shape index (κ1) is 9.53. The minimum atomic E-state index is -0.457. The van der Waals surface area contributed by atoms with Crippen molar-refractivity contribution in [3.8, 4) is 0 Å². The highest BCUT2D eigenvalue weighted by Crippen LogP contribution is 2.36. The molecule has 1 aromatic rings. The Balaban J connectivity index is 2.30. The van der Waals surface area contributed by atoms with E-state index in [-0.39, 0.29) is 5.97 Å². The molecule has 3 heteroatoms. The Hall–Kier alpha value is -1.02. The van der Waals surface area contributed by atoms with Crippen LogP contribution in [0.4, 0.5) is 0 Å². The largest absolute Gasteiger partial charge is 0.454 e. The maximum absolute atomic E-state index is 11.1. The second-order valence-corrected chi connectivity index (χ2v) is 4.15. The van der Waals surface area contributed by atoms with E-state index in [0.29, 0.717) is 11.4 Å². The first-order valence-corrected chi connectivity index (χ1v) is 4.96. The third-order valence-corrected chi connectivity index (χ3v) is 2.85. The normalized spacial score (nSPS) is 26.3. The minimum absolute atomic E-state index is 0.123. The molecule has 1 heterocycles. The average Bonchev–Trinajstić information content (AvgIpc) is 2.48. The smallest absolute Gasteiger partial charge is 0.306 e. The van der Waals surface area contributed by atoms with Gasteiger partial charge in [-0.15, -0.1) is 0 Å². The third-order valence-electron chi connectivity index (χ3n) is 2.60. The zero-order valence-corrected chi connectivity index (χ0v) is 8.67. The van der Waals surface area contributed by atoms with Crippen molar-refractivity contribution in [3.63, 3.8) is 0 Å². The lowest BCUT2D eigenvalue weighted by Gasteiger charge is -2.22. The summed E-state index contributed by atoms with van der Waals surface area (Å²) in [5.74, 6) is -0.123. The zero-order valence-electron chi connectivity index (χ0n) is 7.92. The summed E-state index contributed by atoms with van der Waals surface area (Å²) in [5.41, 5.74) is 0.551. The fourth-order valence-corrected chi connectivity index (χ4v) is 1.83. The van der Waals surface area contributed by atoms with Gasteiger partial charge in [-0.3, -0.25) is 4.79 Å². The van der Waals surface area contributed by atoms with Gasteiger partial charge in [-0.25, -0.2) is 0 Å². The summed E-state index contributed by atoms with van der Waals surface area (Å²) >= 11 is 5.78. The number of hydrogen-bond donors (Lipinski definition) is 0. The monoisotopic (exact) mass is 210 g/mol. The van der Waals surface area contributed by atoms with E-state index in [2.05, 4.69) is 0 Å². The van der Waals surface area contributed by atoms with Gasteiger partial charge in [0.25, 0.3) is 0 Å². The van der Waals surface area contributed by atoms with Gasteiger partial charge in [-0.05, 0) is 24.6 Å². The molecule has 1 aliphatic heterocycles. The van der Waals surface area contributed by atoms with Crippen molar-refractivity contribution in [2.75, 3.05) is 0 Å². The summed E-state index contributed by atoms with van der Waals surface area (Å²) in [5, 5.41) is 0.696. The number of esters is 1. The predicted molar refractivity (Wildman–Crippen MR) is 54.1 cm³/mol. The summed E-state index contributed by atoms with van der Waals surface area (Å²) < 4.78 is 5.29. The molecule has 0 aliphatic carbocycles.